The second-order valence-electron chi connectivity index (χ2n) is 4.24. The molecule has 1 fully saturated rings. The quantitative estimate of drug-likeness (QED) is 0.298. The minimum absolute atomic E-state index is 0.287. The average molecular weight is 185 g/mol. The van der Waals surface area contributed by atoms with E-state index < -0.39 is 0 Å². The third-order valence-corrected chi connectivity index (χ3v) is 2.84. The van der Waals surface area contributed by atoms with Gasteiger partial charge in [0.25, 0.3) is 0 Å². The van der Waals surface area contributed by atoms with E-state index in [-0.39, 0.29) is 5.54 Å². The van der Waals surface area contributed by atoms with Crippen molar-refractivity contribution < 1.29 is 5.21 Å². The van der Waals surface area contributed by atoms with E-state index >= 15 is 0 Å². The van der Waals surface area contributed by atoms with E-state index in [1.54, 1.807) is 0 Å². The smallest absolute Gasteiger partial charge is 0.140 e. The van der Waals surface area contributed by atoms with Crippen molar-refractivity contribution in [3.05, 3.63) is 0 Å². The molecule has 0 aromatic rings. The van der Waals surface area contributed by atoms with Gasteiger partial charge in [-0.2, -0.15) is 0 Å². The van der Waals surface area contributed by atoms with Crippen LogP contribution in [0.2, 0.25) is 0 Å². The van der Waals surface area contributed by atoms with Gasteiger partial charge in [0.15, 0.2) is 0 Å². The molecule has 1 rings (SSSR count). The van der Waals surface area contributed by atoms with Gasteiger partial charge in [-0.05, 0) is 33.2 Å². The summed E-state index contributed by atoms with van der Waals surface area (Å²) in [5.41, 5.74) is 5.70. The average Bonchev–Trinajstić information content (AvgIpc) is 2.41. The summed E-state index contributed by atoms with van der Waals surface area (Å²) in [7, 11) is 0. The van der Waals surface area contributed by atoms with Crippen molar-refractivity contribution in [2.45, 2.75) is 38.6 Å². The monoisotopic (exact) mass is 185 g/mol. The van der Waals surface area contributed by atoms with E-state index in [0.29, 0.717) is 12.3 Å². The first kappa shape index (κ1) is 10.3. The minimum Gasteiger partial charge on any atom is -0.409 e. The second kappa shape index (κ2) is 3.96. The molecule has 1 heterocycles. The fraction of sp³-hybridized carbons (Fsp3) is 0.889. The maximum atomic E-state index is 8.38. The van der Waals surface area contributed by atoms with Crippen LogP contribution in [0, 0.1) is 0 Å². The lowest BCUT2D eigenvalue weighted by atomic mass is 10.0. The van der Waals surface area contributed by atoms with E-state index in [4.69, 9.17) is 10.9 Å². The number of nitrogens with two attached hydrogens (primary N) is 1. The molecular weight excluding hydrogens is 166 g/mol. The number of hydrogen-bond donors (Lipinski definition) is 2. The summed E-state index contributed by atoms with van der Waals surface area (Å²) in [5.74, 6) is 0.322. The third kappa shape index (κ3) is 2.59. The van der Waals surface area contributed by atoms with E-state index in [1.807, 2.05) is 0 Å². The van der Waals surface area contributed by atoms with Gasteiger partial charge in [0.2, 0.25) is 0 Å². The van der Waals surface area contributed by atoms with Crippen LogP contribution in [0.3, 0.4) is 0 Å². The van der Waals surface area contributed by atoms with Gasteiger partial charge < -0.3 is 10.9 Å². The zero-order chi connectivity index (χ0) is 9.90. The Kier molecular flexibility index (Phi) is 3.14. The molecule has 0 radical (unpaired) electrons. The molecule has 13 heavy (non-hydrogen) atoms. The van der Waals surface area contributed by atoms with E-state index in [2.05, 4.69) is 23.9 Å². The summed E-state index contributed by atoms with van der Waals surface area (Å²) in [6.45, 7) is 6.51. The maximum Gasteiger partial charge on any atom is 0.140 e. The number of rotatable bonds is 3. The Labute approximate surface area is 79.4 Å². The summed E-state index contributed by atoms with van der Waals surface area (Å²) < 4.78 is 0. The molecular formula is C9H19N3O. The van der Waals surface area contributed by atoms with Crippen molar-refractivity contribution in [1.82, 2.24) is 4.90 Å². The molecule has 4 heteroatoms. The molecule has 0 aliphatic carbocycles. The Morgan fingerprint density at radius 1 is 1.62 bits per heavy atom. The van der Waals surface area contributed by atoms with Gasteiger partial charge in [-0.15, -0.1) is 0 Å². The summed E-state index contributed by atoms with van der Waals surface area (Å²) in [6.07, 6.45) is 3.15. The molecule has 1 aliphatic rings. The molecule has 1 aliphatic heterocycles. The van der Waals surface area contributed by atoms with Crippen molar-refractivity contribution in [2.75, 3.05) is 13.1 Å². The Hall–Kier alpha value is -0.770. The van der Waals surface area contributed by atoms with Crippen LogP contribution in [0.15, 0.2) is 5.16 Å². The lowest BCUT2D eigenvalue weighted by Gasteiger charge is -2.31. The van der Waals surface area contributed by atoms with Gasteiger partial charge in [0, 0.05) is 18.5 Å². The van der Waals surface area contributed by atoms with Gasteiger partial charge in [0.05, 0.1) is 0 Å². The van der Waals surface area contributed by atoms with Crippen molar-refractivity contribution >= 4 is 5.84 Å². The van der Waals surface area contributed by atoms with Crippen LogP contribution >= 0.6 is 0 Å². The van der Waals surface area contributed by atoms with Gasteiger partial charge in [-0.1, -0.05) is 5.16 Å². The zero-order valence-electron chi connectivity index (χ0n) is 8.45. The first-order valence-corrected chi connectivity index (χ1v) is 4.78. The van der Waals surface area contributed by atoms with Crippen molar-refractivity contribution in [2.24, 2.45) is 10.9 Å². The molecule has 0 saturated carbocycles. The normalized spacial score (nSPS) is 23.7. The van der Waals surface area contributed by atoms with E-state index in [0.717, 1.165) is 13.1 Å². The van der Waals surface area contributed by atoms with Crippen molar-refractivity contribution in [3.8, 4) is 0 Å². The summed E-state index contributed by atoms with van der Waals surface area (Å²) in [5, 5.41) is 11.3. The minimum atomic E-state index is 0.287. The number of amidine groups is 1. The van der Waals surface area contributed by atoms with Crippen LogP contribution in [-0.4, -0.2) is 34.6 Å². The highest BCUT2D eigenvalue weighted by Crippen LogP contribution is 2.27. The summed E-state index contributed by atoms with van der Waals surface area (Å²) in [6, 6.07) is 0. The SMILES string of the molecule is CC1(C)CCCN1CCC(N)=NO. The number of nitrogens with zero attached hydrogens (tertiary/aromatic N) is 2. The number of oxime groups is 1. The van der Waals surface area contributed by atoms with Crippen molar-refractivity contribution in [3.63, 3.8) is 0 Å². The van der Waals surface area contributed by atoms with Crippen LogP contribution in [0.4, 0.5) is 0 Å². The fourth-order valence-electron chi connectivity index (χ4n) is 1.88. The molecule has 0 bridgehead atoms. The van der Waals surface area contributed by atoms with Gasteiger partial charge >= 0.3 is 0 Å². The van der Waals surface area contributed by atoms with E-state index in [9.17, 15) is 0 Å². The molecule has 0 atom stereocenters. The van der Waals surface area contributed by atoms with Gasteiger partial charge in [-0.25, -0.2) is 0 Å². The highest BCUT2D eigenvalue weighted by Gasteiger charge is 2.31. The van der Waals surface area contributed by atoms with E-state index in [1.165, 1.54) is 12.8 Å². The fourth-order valence-corrected chi connectivity index (χ4v) is 1.88. The molecule has 0 aromatic carbocycles. The summed E-state index contributed by atoms with van der Waals surface area (Å²) in [4.78, 5) is 2.39. The predicted octanol–water partition coefficient (Wildman–Crippen LogP) is 0.997. The lowest BCUT2D eigenvalue weighted by Crippen LogP contribution is -2.39. The molecule has 0 spiro atoms. The molecule has 76 valence electrons. The molecule has 1 saturated heterocycles. The molecule has 3 N–H and O–H groups in total. The molecule has 4 nitrogen and oxygen atoms in total. The standard InChI is InChI=1S/C9H19N3O/c1-9(2)5-3-6-12(9)7-4-8(10)11-13/h13H,3-7H2,1-2H3,(H2,10,11). The molecule has 0 unspecified atom stereocenters. The number of hydrogen-bond acceptors (Lipinski definition) is 3. The highest BCUT2D eigenvalue weighted by atomic mass is 16.4. The van der Waals surface area contributed by atoms with Crippen LogP contribution in [0.5, 0.6) is 0 Å². The van der Waals surface area contributed by atoms with Crippen LogP contribution in [0.25, 0.3) is 0 Å². The van der Waals surface area contributed by atoms with Crippen LogP contribution < -0.4 is 5.73 Å². The lowest BCUT2D eigenvalue weighted by molar-refractivity contribution is 0.179. The Balaban J connectivity index is 2.37. The van der Waals surface area contributed by atoms with Crippen LogP contribution in [0.1, 0.15) is 33.1 Å². The van der Waals surface area contributed by atoms with Crippen molar-refractivity contribution in [1.29, 1.82) is 0 Å². The van der Waals surface area contributed by atoms with Crippen LogP contribution in [-0.2, 0) is 0 Å². The highest BCUT2D eigenvalue weighted by molar-refractivity contribution is 5.79. The summed E-state index contributed by atoms with van der Waals surface area (Å²) >= 11 is 0. The Morgan fingerprint density at radius 2 is 2.31 bits per heavy atom. The Morgan fingerprint density at radius 3 is 2.77 bits per heavy atom. The topological polar surface area (TPSA) is 61.8 Å². The molecule has 0 amide bonds. The number of likely N-dealkylation sites (tertiary alicyclic amines) is 1. The first-order valence-electron chi connectivity index (χ1n) is 4.78. The largest absolute Gasteiger partial charge is 0.409 e. The van der Waals surface area contributed by atoms with Gasteiger partial charge in [-0.3, -0.25) is 4.90 Å². The third-order valence-electron chi connectivity index (χ3n) is 2.84. The van der Waals surface area contributed by atoms with Gasteiger partial charge in [0.1, 0.15) is 5.84 Å². The predicted molar refractivity (Wildman–Crippen MR) is 52.9 cm³/mol. The second-order valence-corrected chi connectivity index (χ2v) is 4.24. The maximum absolute atomic E-state index is 8.38. The zero-order valence-corrected chi connectivity index (χ0v) is 8.45. The Bertz CT molecular complexity index is 201. The first-order chi connectivity index (χ1) is 6.06. The molecule has 0 aromatic heterocycles.